The summed E-state index contributed by atoms with van der Waals surface area (Å²) in [4.78, 5) is 44.6. The Morgan fingerprint density at radius 3 is 2.17 bits per heavy atom. The minimum atomic E-state index is -1.11. The van der Waals surface area contributed by atoms with E-state index in [0.29, 0.717) is 18.6 Å². The van der Waals surface area contributed by atoms with Crippen LogP contribution in [0.4, 0.5) is 4.79 Å². The quantitative estimate of drug-likeness (QED) is 0.321. The first kappa shape index (κ1) is 29.3. The number of benzene rings is 3. The summed E-state index contributed by atoms with van der Waals surface area (Å²) in [6.07, 6.45) is 2.20. The molecule has 0 aromatic heterocycles. The molecule has 42 heavy (non-hydrogen) atoms. The number of carbonyl (C=O) groups is 3. The van der Waals surface area contributed by atoms with Crippen molar-refractivity contribution >= 4 is 18.0 Å². The van der Waals surface area contributed by atoms with Gasteiger partial charge in [0.15, 0.2) is 6.29 Å². The Hall–Kier alpha value is -4.21. The van der Waals surface area contributed by atoms with Crippen LogP contribution in [0.2, 0.25) is 0 Å². The maximum Gasteiger partial charge on any atom is 0.410 e. The van der Waals surface area contributed by atoms with Crippen LogP contribution in [-0.4, -0.2) is 72.7 Å². The minimum absolute atomic E-state index is 0.112. The highest BCUT2D eigenvalue weighted by Crippen LogP contribution is 2.44. The number of hydrogen-bond acceptors (Lipinski definition) is 6. The molecule has 1 aliphatic heterocycles. The number of hydroxylamine groups is 2. The predicted octanol–water partition coefficient (Wildman–Crippen LogP) is 5.48. The molecule has 0 bridgehead atoms. The van der Waals surface area contributed by atoms with Crippen LogP contribution in [0.1, 0.15) is 58.6 Å². The fraction of sp³-hybridized carbons (Fsp3) is 0.364. The Balaban J connectivity index is 1.15. The molecule has 3 aromatic carbocycles. The third-order valence-electron chi connectivity index (χ3n) is 7.98. The van der Waals surface area contributed by atoms with Crippen LogP contribution < -0.4 is 0 Å². The van der Waals surface area contributed by atoms with Crippen molar-refractivity contribution in [3.05, 3.63) is 95.1 Å². The van der Waals surface area contributed by atoms with E-state index < -0.39 is 24.4 Å². The zero-order chi connectivity index (χ0) is 29.6. The van der Waals surface area contributed by atoms with Gasteiger partial charge in [0.05, 0.1) is 0 Å². The van der Waals surface area contributed by atoms with E-state index in [2.05, 4.69) is 12.1 Å². The van der Waals surface area contributed by atoms with Crippen LogP contribution in [0.5, 0.6) is 0 Å². The van der Waals surface area contributed by atoms with Gasteiger partial charge in [0.25, 0.3) is 5.91 Å². The van der Waals surface area contributed by atoms with Gasteiger partial charge in [-0.15, -0.1) is 0 Å². The van der Waals surface area contributed by atoms with Crippen LogP contribution in [0.25, 0.3) is 11.1 Å². The van der Waals surface area contributed by atoms with E-state index in [1.807, 2.05) is 36.4 Å². The molecule has 0 spiro atoms. The maximum absolute atomic E-state index is 13.0. The molecule has 2 amide bonds. The number of rotatable bonds is 10. The van der Waals surface area contributed by atoms with E-state index in [1.165, 1.54) is 12.1 Å². The third-order valence-corrected chi connectivity index (χ3v) is 7.98. The topological polar surface area (TPSA) is 106 Å². The standard InChI is InChI=1S/C33H36N2O7/c1-34(33(39)41-21-28-26-11-5-3-9-24(26)25-10-4-6-12-27(25)28)29(32(37)38)19-16-22-14-17-23(18-15-22)31(36)35(2)42-30-13-7-8-20-40-30/h3-6,9-12,14-15,17-18,28-30H,7-8,13,16,19-21H2,1-2H3,(H,37,38). The summed E-state index contributed by atoms with van der Waals surface area (Å²) in [7, 11) is 3.01. The number of hydrogen-bond donors (Lipinski definition) is 1. The smallest absolute Gasteiger partial charge is 0.410 e. The van der Waals surface area contributed by atoms with Crippen molar-refractivity contribution in [3.63, 3.8) is 0 Å². The van der Waals surface area contributed by atoms with Gasteiger partial charge in [0.2, 0.25) is 0 Å². The number of aryl methyl sites for hydroxylation is 1. The van der Waals surface area contributed by atoms with Gasteiger partial charge in [-0.1, -0.05) is 60.7 Å². The zero-order valence-electron chi connectivity index (χ0n) is 23.9. The Morgan fingerprint density at radius 1 is 0.929 bits per heavy atom. The fourth-order valence-electron chi connectivity index (χ4n) is 5.62. The van der Waals surface area contributed by atoms with Crippen LogP contribution in [-0.2, 0) is 25.5 Å². The second kappa shape index (κ2) is 13.2. The average Bonchev–Trinajstić information content (AvgIpc) is 3.33. The SMILES string of the molecule is CN(OC1CCCCO1)C(=O)c1ccc(CCC(C(=O)O)N(C)C(=O)OCC2c3ccccc3-c3ccccc32)cc1. The zero-order valence-corrected chi connectivity index (χ0v) is 23.9. The number of amides is 2. The highest BCUT2D eigenvalue weighted by Gasteiger charge is 2.32. The largest absolute Gasteiger partial charge is 0.480 e. The molecule has 0 saturated carbocycles. The Labute approximate surface area is 245 Å². The first-order valence-corrected chi connectivity index (χ1v) is 14.3. The van der Waals surface area contributed by atoms with E-state index >= 15 is 0 Å². The molecule has 9 nitrogen and oxygen atoms in total. The maximum atomic E-state index is 13.0. The van der Waals surface area contributed by atoms with Gasteiger partial charge in [-0.05, 0) is 65.6 Å². The molecule has 2 aliphatic rings. The van der Waals surface area contributed by atoms with Crippen molar-refractivity contribution in [2.45, 2.75) is 50.4 Å². The van der Waals surface area contributed by atoms with Gasteiger partial charge < -0.3 is 14.6 Å². The first-order valence-electron chi connectivity index (χ1n) is 14.3. The van der Waals surface area contributed by atoms with Gasteiger partial charge in [-0.3, -0.25) is 9.69 Å². The number of likely N-dealkylation sites (N-methyl/N-ethyl adjacent to an activating group) is 1. The molecule has 1 fully saturated rings. The fourth-order valence-corrected chi connectivity index (χ4v) is 5.62. The lowest BCUT2D eigenvalue weighted by Crippen LogP contribution is -2.43. The summed E-state index contributed by atoms with van der Waals surface area (Å²) >= 11 is 0. The van der Waals surface area contributed by atoms with E-state index in [9.17, 15) is 19.5 Å². The normalized spacial score (nSPS) is 16.7. The summed E-state index contributed by atoms with van der Waals surface area (Å²) in [5.41, 5.74) is 5.71. The molecule has 3 aromatic rings. The number of ether oxygens (including phenoxy) is 2. The van der Waals surface area contributed by atoms with Crippen molar-refractivity contribution in [3.8, 4) is 11.1 Å². The van der Waals surface area contributed by atoms with Crippen molar-refractivity contribution in [2.75, 3.05) is 27.3 Å². The predicted molar refractivity (Wildman–Crippen MR) is 156 cm³/mol. The second-order valence-electron chi connectivity index (χ2n) is 10.7. The summed E-state index contributed by atoms with van der Waals surface area (Å²) in [6.45, 7) is 0.735. The van der Waals surface area contributed by atoms with Crippen molar-refractivity contribution in [1.29, 1.82) is 0 Å². The van der Waals surface area contributed by atoms with Crippen molar-refractivity contribution < 1.29 is 33.8 Å². The number of carboxylic acids is 1. The number of aliphatic carboxylic acids is 1. The van der Waals surface area contributed by atoms with E-state index in [-0.39, 0.29) is 24.9 Å². The number of nitrogens with zero attached hydrogens (tertiary/aromatic N) is 2. The van der Waals surface area contributed by atoms with Crippen LogP contribution in [0.3, 0.4) is 0 Å². The van der Waals surface area contributed by atoms with Crippen LogP contribution >= 0.6 is 0 Å². The summed E-state index contributed by atoms with van der Waals surface area (Å²) < 4.78 is 11.2. The molecule has 2 atom stereocenters. The van der Waals surface area contributed by atoms with Crippen molar-refractivity contribution in [1.82, 2.24) is 9.96 Å². The lowest BCUT2D eigenvalue weighted by molar-refractivity contribution is -0.258. The molecule has 1 N–H and O–H groups in total. The van der Waals surface area contributed by atoms with Crippen LogP contribution in [0.15, 0.2) is 72.8 Å². The third kappa shape index (κ3) is 6.48. The molecule has 1 aliphatic carbocycles. The monoisotopic (exact) mass is 572 g/mol. The molecular formula is C33H36N2O7. The molecule has 5 rings (SSSR count). The molecule has 2 unspecified atom stereocenters. The van der Waals surface area contributed by atoms with Crippen LogP contribution in [0, 0.1) is 0 Å². The van der Waals surface area contributed by atoms with Gasteiger partial charge in [0.1, 0.15) is 12.6 Å². The van der Waals surface area contributed by atoms with Gasteiger partial charge in [-0.25, -0.2) is 19.5 Å². The molecule has 9 heteroatoms. The van der Waals surface area contributed by atoms with Crippen molar-refractivity contribution in [2.24, 2.45) is 0 Å². The number of carbonyl (C=O) groups excluding carboxylic acids is 2. The lowest BCUT2D eigenvalue weighted by atomic mass is 9.98. The highest BCUT2D eigenvalue weighted by molar-refractivity contribution is 5.93. The Bertz CT molecular complexity index is 1370. The molecule has 220 valence electrons. The number of carboxylic acid groups (broad SMARTS) is 1. The molecule has 1 saturated heterocycles. The highest BCUT2D eigenvalue weighted by atomic mass is 16.8. The molecular weight excluding hydrogens is 536 g/mol. The first-order chi connectivity index (χ1) is 20.3. The van der Waals surface area contributed by atoms with E-state index in [1.54, 1.807) is 31.3 Å². The van der Waals surface area contributed by atoms with E-state index in [0.717, 1.165) is 52.0 Å². The lowest BCUT2D eigenvalue weighted by Gasteiger charge is -2.27. The van der Waals surface area contributed by atoms with Gasteiger partial charge >= 0.3 is 12.1 Å². The molecule has 1 heterocycles. The number of fused-ring (bicyclic) bond motifs is 3. The Morgan fingerprint density at radius 2 is 1.57 bits per heavy atom. The average molecular weight is 573 g/mol. The van der Waals surface area contributed by atoms with E-state index in [4.69, 9.17) is 14.3 Å². The summed E-state index contributed by atoms with van der Waals surface area (Å²) in [6, 6.07) is 22.0. The van der Waals surface area contributed by atoms with Gasteiger partial charge in [-0.2, -0.15) is 0 Å². The van der Waals surface area contributed by atoms with Gasteiger partial charge in [0, 0.05) is 38.6 Å². The summed E-state index contributed by atoms with van der Waals surface area (Å²) in [5, 5.41) is 11.1. The summed E-state index contributed by atoms with van der Waals surface area (Å²) in [5.74, 6) is -1.52. The Kier molecular flexibility index (Phi) is 9.19. The second-order valence-corrected chi connectivity index (χ2v) is 10.7. The molecule has 0 radical (unpaired) electrons. The minimum Gasteiger partial charge on any atom is -0.480 e.